The summed E-state index contributed by atoms with van der Waals surface area (Å²) in [4.78, 5) is 21.2. The van der Waals surface area contributed by atoms with Gasteiger partial charge in [-0.25, -0.2) is 4.98 Å². The standard InChI is InChI=1S/C19H29N3O3/c1-13(2)22-17(18(25-4)19(22)23)14-8-10-21(11-9-14)12-15-6-5-7-16(20-15)24-3/h5-7,13-14,17-18H,8-12H2,1-4H3/t17-,18+/m0/s1. The fraction of sp³-hybridized carbons (Fsp3) is 0.684. The van der Waals surface area contributed by atoms with Gasteiger partial charge in [0.1, 0.15) is 0 Å². The minimum absolute atomic E-state index is 0.144. The third kappa shape index (κ3) is 3.65. The number of carbonyl (C=O) groups is 1. The molecule has 1 aromatic heterocycles. The van der Waals surface area contributed by atoms with Gasteiger partial charge in [0.15, 0.2) is 6.10 Å². The van der Waals surface area contributed by atoms with Crippen molar-refractivity contribution >= 4 is 5.91 Å². The molecule has 138 valence electrons. The number of likely N-dealkylation sites (tertiary alicyclic amines) is 2. The molecule has 2 atom stereocenters. The summed E-state index contributed by atoms with van der Waals surface area (Å²) in [6.45, 7) is 7.06. The van der Waals surface area contributed by atoms with Crippen molar-refractivity contribution in [3.8, 4) is 5.88 Å². The lowest BCUT2D eigenvalue weighted by atomic mass is 9.79. The van der Waals surface area contributed by atoms with Crippen LogP contribution in [0.5, 0.6) is 5.88 Å². The van der Waals surface area contributed by atoms with Crippen LogP contribution in [0.1, 0.15) is 32.4 Å². The third-order valence-corrected chi connectivity index (χ3v) is 5.43. The van der Waals surface area contributed by atoms with Crippen molar-refractivity contribution in [3.05, 3.63) is 23.9 Å². The fourth-order valence-electron chi connectivity index (χ4n) is 4.16. The number of nitrogens with zero attached hydrogens (tertiary/aromatic N) is 3. The van der Waals surface area contributed by atoms with Crippen LogP contribution in [0.25, 0.3) is 0 Å². The topological polar surface area (TPSA) is 54.9 Å². The van der Waals surface area contributed by atoms with Gasteiger partial charge in [0.25, 0.3) is 5.91 Å². The van der Waals surface area contributed by atoms with Crippen LogP contribution in [-0.2, 0) is 16.1 Å². The first-order chi connectivity index (χ1) is 12.0. The minimum Gasteiger partial charge on any atom is -0.481 e. The van der Waals surface area contributed by atoms with Crippen molar-refractivity contribution in [3.63, 3.8) is 0 Å². The molecular formula is C19H29N3O3. The van der Waals surface area contributed by atoms with Crippen LogP contribution in [0.3, 0.4) is 0 Å². The fourth-order valence-corrected chi connectivity index (χ4v) is 4.16. The molecule has 25 heavy (non-hydrogen) atoms. The van der Waals surface area contributed by atoms with Crippen molar-refractivity contribution < 1.29 is 14.3 Å². The van der Waals surface area contributed by atoms with Gasteiger partial charge in [-0.1, -0.05) is 6.07 Å². The average Bonchev–Trinajstić information content (AvgIpc) is 2.60. The second-order valence-corrected chi connectivity index (χ2v) is 7.27. The Morgan fingerprint density at radius 2 is 1.96 bits per heavy atom. The Morgan fingerprint density at radius 1 is 1.24 bits per heavy atom. The van der Waals surface area contributed by atoms with Crippen molar-refractivity contribution in [1.29, 1.82) is 0 Å². The SMILES string of the molecule is COc1cccc(CN2CCC([C@H]3[C@@H](OC)C(=O)N3C(C)C)CC2)n1. The second kappa shape index (κ2) is 7.70. The van der Waals surface area contributed by atoms with Crippen molar-refractivity contribution in [2.75, 3.05) is 27.3 Å². The molecule has 6 heteroatoms. The zero-order chi connectivity index (χ0) is 18.0. The molecule has 0 N–H and O–H groups in total. The highest BCUT2D eigenvalue weighted by atomic mass is 16.5. The Bertz CT molecular complexity index is 599. The van der Waals surface area contributed by atoms with Gasteiger partial charge in [-0.2, -0.15) is 0 Å². The van der Waals surface area contributed by atoms with Crippen LogP contribution in [0, 0.1) is 5.92 Å². The molecule has 0 unspecified atom stereocenters. The number of hydrogen-bond acceptors (Lipinski definition) is 5. The molecule has 2 fully saturated rings. The van der Waals surface area contributed by atoms with Crippen LogP contribution in [0.4, 0.5) is 0 Å². The Kier molecular flexibility index (Phi) is 5.59. The Labute approximate surface area is 150 Å². The number of pyridine rings is 1. The van der Waals surface area contributed by atoms with Gasteiger partial charge in [0.2, 0.25) is 5.88 Å². The van der Waals surface area contributed by atoms with E-state index in [1.54, 1.807) is 14.2 Å². The Hall–Kier alpha value is -1.66. The number of carbonyl (C=O) groups excluding carboxylic acids is 1. The summed E-state index contributed by atoms with van der Waals surface area (Å²) in [6, 6.07) is 6.37. The summed E-state index contributed by atoms with van der Waals surface area (Å²) in [5, 5.41) is 0. The van der Waals surface area contributed by atoms with Crippen molar-refractivity contribution in [1.82, 2.24) is 14.8 Å². The zero-order valence-corrected chi connectivity index (χ0v) is 15.6. The molecule has 1 aromatic rings. The molecule has 0 aromatic carbocycles. The lowest BCUT2D eigenvalue weighted by Crippen LogP contribution is -2.70. The van der Waals surface area contributed by atoms with E-state index in [4.69, 9.17) is 9.47 Å². The van der Waals surface area contributed by atoms with E-state index in [-0.39, 0.29) is 24.1 Å². The Balaban J connectivity index is 1.57. The van der Waals surface area contributed by atoms with E-state index in [1.807, 2.05) is 23.1 Å². The van der Waals surface area contributed by atoms with Gasteiger partial charge in [0, 0.05) is 25.8 Å². The van der Waals surface area contributed by atoms with Crippen LogP contribution >= 0.6 is 0 Å². The van der Waals surface area contributed by atoms with E-state index >= 15 is 0 Å². The third-order valence-electron chi connectivity index (χ3n) is 5.43. The highest BCUT2D eigenvalue weighted by molar-refractivity contribution is 5.88. The van der Waals surface area contributed by atoms with E-state index in [0.717, 1.165) is 38.2 Å². The van der Waals surface area contributed by atoms with Crippen LogP contribution in [0.15, 0.2) is 18.2 Å². The first kappa shape index (κ1) is 18.1. The number of hydrogen-bond donors (Lipinski definition) is 0. The molecular weight excluding hydrogens is 318 g/mol. The van der Waals surface area contributed by atoms with E-state index in [0.29, 0.717) is 11.8 Å². The maximum Gasteiger partial charge on any atom is 0.254 e. The van der Waals surface area contributed by atoms with Gasteiger partial charge >= 0.3 is 0 Å². The second-order valence-electron chi connectivity index (χ2n) is 7.27. The lowest BCUT2D eigenvalue weighted by molar-refractivity contribution is -0.181. The molecule has 0 radical (unpaired) electrons. The molecule has 3 heterocycles. The maximum atomic E-state index is 12.2. The molecule has 0 saturated carbocycles. The highest BCUT2D eigenvalue weighted by Crippen LogP contribution is 2.36. The predicted octanol–water partition coefficient (Wildman–Crippen LogP) is 1.94. The van der Waals surface area contributed by atoms with E-state index in [9.17, 15) is 4.79 Å². The normalized spacial score (nSPS) is 25.3. The molecule has 2 saturated heterocycles. The number of β-lactam (4-membered cyclic amide) rings is 1. The lowest BCUT2D eigenvalue weighted by Gasteiger charge is -2.53. The van der Waals surface area contributed by atoms with Crippen molar-refractivity contribution in [2.45, 2.75) is 51.4 Å². The monoisotopic (exact) mass is 347 g/mol. The molecule has 0 spiro atoms. The first-order valence-electron chi connectivity index (χ1n) is 9.12. The molecule has 6 nitrogen and oxygen atoms in total. The molecule has 1 amide bonds. The summed E-state index contributed by atoms with van der Waals surface area (Å²) >= 11 is 0. The molecule has 2 aliphatic heterocycles. The molecule has 0 aliphatic carbocycles. The van der Waals surface area contributed by atoms with E-state index in [2.05, 4.69) is 23.7 Å². The van der Waals surface area contributed by atoms with Gasteiger partial charge in [-0.05, 0) is 51.8 Å². The van der Waals surface area contributed by atoms with Crippen molar-refractivity contribution in [2.24, 2.45) is 5.92 Å². The minimum atomic E-state index is -0.251. The van der Waals surface area contributed by atoms with Gasteiger partial charge in [0.05, 0.1) is 18.8 Å². The molecule has 3 rings (SSSR count). The first-order valence-corrected chi connectivity index (χ1v) is 9.12. The number of piperidine rings is 1. The highest BCUT2D eigenvalue weighted by Gasteiger charge is 2.52. The number of aromatic nitrogens is 1. The predicted molar refractivity (Wildman–Crippen MR) is 95.4 cm³/mol. The van der Waals surface area contributed by atoms with Gasteiger partial charge in [-0.15, -0.1) is 0 Å². The maximum absolute atomic E-state index is 12.2. The number of rotatable bonds is 6. The van der Waals surface area contributed by atoms with Crippen LogP contribution in [-0.4, -0.2) is 66.2 Å². The summed E-state index contributed by atoms with van der Waals surface area (Å²) < 4.78 is 10.7. The summed E-state index contributed by atoms with van der Waals surface area (Å²) in [7, 11) is 3.29. The van der Waals surface area contributed by atoms with Crippen LogP contribution < -0.4 is 4.74 Å². The Morgan fingerprint density at radius 3 is 2.56 bits per heavy atom. The zero-order valence-electron chi connectivity index (χ0n) is 15.6. The summed E-state index contributed by atoms with van der Waals surface area (Å²) in [5.74, 6) is 1.32. The van der Waals surface area contributed by atoms with Gasteiger partial charge in [-0.3, -0.25) is 9.69 Å². The quantitative estimate of drug-likeness (QED) is 0.736. The van der Waals surface area contributed by atoms with Gasteiger partial charge < -0.3 is 14.4 Å². The van der Waals surface area contributed by atoms with E-state index in [1.165, 1.54) is 0 Å². The molecule has 2 aliphatic rings. The van der Waals surface area contributed by atoms with E-state index < -0.39 is 0 Å². The number of ether oxygens (including phenoxy) is 2. The number of methoxy groups -OCH3 is 2. The van der Waals surface area contributed by atoms with Crippen LogP contribution in [0.2, 0.25) is 0 Å². The largest absolute Gasteiger partial charge is 0.481 e. The number of amides is 1. The summed E-state index contributed by atoms with van der Waals surface area (Å²) in [6.07, 6.45) is 1.93. The molecule has 0 bridgehead atoms. The summed E-state index contributed by atoms with van der Waals surface area (Å²) in [5.41, 5.74) is 1.04. The average molecular weight is 347 g/mol. The smallest absolute Gasteiger partial charge is 0.254 e.